The minimum Gasteiger partial charge on any atom is -0.468 e. The number of aryl methyl sites for hydroxylation is 1. The first-order valence-corrected chi connectivity index (χ1v) is 6.30. The molecule has 2 rings (SSSR count). The van der Waals surface area contributed by atoms with Crippen molar-refractivity contribution in [2.24, 2.45) is 0 Å². The van der Waals surface area contributed by atoms with E-state index >= 15 is 0 Å². The van der Waals surface area contributed by atoms with Crippen molar-refractivity contribution in [3.63, 3.8) is 0 Å². The van der Waals surface area contributed by atoms with E-state index in [-0.39, 0.29) is 5.25 Å². The molecule has 0 radical (unpaired) electrons. The van der Waals surface area contributed by atoms with Gasteiger partial charge in [-0.2, -0.15) is 0 Å². The average molecular weight is 238 g/mol. The van der Waals surface area contributed by atoms with Gasteiger partial charge in [0, 0.05) is 6.42 Å². The third kappa shape index (κ3) is 2.66. The second-order valence-electron chi connectivity index (χ2n) is 3.42. The zero-order chi connectivity index (χ0) is 11.4. The van der Waals surface area contributed by atoms with Crippen molar-refractivity contribution in [2.75, 3.05) is 0 Å². The Morgan fingerprint density at radius 2 is 2.31 bits per heavy atom. The second-order valence-corrected chi connectivity index (χ2v) is 4.75. The van der Waals surface area contributed by atoms with Crippen LogP contribution in [0.1, 0.15) is 36.6 Å². The molecule has 0 N–H and O–H groups in total. The molecule has 0 fully saturated rings. The highest BCUT2D eigenvalue weighted by atomic mass is 32.2. The van der Waals surface area contributed by atoms with Crippen molar-refractivity contribution in [3.8, 4) is 0 Å². The van der Waals surface area contributed by atoms with Crippen molar-refractivity contribution >= 4 is 11.8 Å². The van der Waals surface area contributed by atoms with Crippen molar-refractivity contribution in [1.82, 2.24) is 10.2 Å². The summed E-state index contributed by atoms with van der Waals surface area (Å²) in [6.07, 6.45) is 2.46. The highest BCUT2D eigenvalue weighted by molar-refractivity contribution is 7.98. The molecule has 0 saturated carbocycles. The largest absolute Gasteiger partial charge is 0.468 e. The van der Waals surface area contributed by atoms with E-state index in [1.54, 1.807) is 18.0 Å². The van der Waals surface area contributed by atoms with E-state index in [2.05, 4.69) is 17.1 Å². The number of aromatic nitrogens is 2. The maximum Gasteiger partial charge on any atom is 0.229 e. The summed E-state index contributed by atoms with van der Waals surface area (Å²) >= 11 is 1.72. The molecule has 0 saturated heterocycles. The average Bonchev–Trinajstić information content (AvgIpc) is 2.96. The molecule has 86 valence electrons. The molecule has 0 aliphatic carbocycles. The number of nitrogens with zero attached hydrogens (tertiary/aromatic N) is 2. The molecular formula is C11H14N2O2S. The maximum atomic E-state index is 5.49. The number of thioether (sulfide) groups is 1. The quantitative estimate of drug-likeness (QED) is 0.800. The Kier molecular flexibility index (Phi) is 3.66. The number of rotatable bonds is 5. The zero-order valence-corrected chi connectivity index (χ0v) is 10.2. The molecule has 2 heterocycles. The van der Waals surface area contributed by atoms with Crippen molar-refractivity contribution < 1.29 is 8.83 Å². The van der Waals surface area contributed by atoms with E-state index in [0.29, 0.717) is 11.8 Å². The highest BCUT2D eigenvalue weighted by Gasteiger charge is 2.14. The Hall–Kier alpha value is -1.23. The molecule has 0 unspecified atom stereocenters. The summed E-state index contributed by atoms with van der Waals surface area (Å²) in [5.74, 6) is 3.17. The lowest BCUT2D eigenvalue weighted by Crippen LogP contribution is -1.89. The van der Waals surface area contributed by atoms with Crippen LogP contribution in [0.4, 0.5) is 0 Å². The minimum atomic E-state index is 0.192. The van der Waals surface area contributed by atoms with Gasteiger partial charge in [-0.25, -0.2) is 0 Å². The van der Waals surface area contributed by atoms with Crippen LogP contribution in [0.5, 0.6) is 0 Å². The summed E-state index contributed by atoms with van der Waals surface area (Å²) in [5.41, 5.74) is 0. The molecule has 0 spiro atoms. The Labute approximate surface area is 98.4 Å². The van der Waals surface area contributed by atoms with Crippen molar-refractivity contribution in [2.45, 2.75) is 31.3 Å². The predicted molar refractivity (Wildman–Crippen MR) is 62.1 cm³/mol. The van der Waals surface area contributed by atoms with Crippen LogP contribution in [-0.2, 0) is 12.2 Å². The van der Waals surface area contributed by atoms with Gasteiger partial charge in [-0.3, -0.25) is 0 Å². The lowest BCUT2D eigenvalue weighted by molar-refractivity contribution is 0.456. The fourth-order valence-corrected chi connectivity index (χ4v) is 2.06. The summed E-state index contributed by atoms with van der Waals surface area (Å²) in [6.45, 7) is 4.05. The number of hydrogen-bond acceptors (Lipinski definition) is 5. The number of furan rings is 1. The fraction of sp³-hybridized carbons (Fsp3) is 0.455. The summed E-state index contributed by atoms with van der Waals surface area (Å²) in [7, 11) is 0. The molecular weight excluding hydrogens is 224 g/mol. The first kappa shape index (κ1) is 11.3. The van der Waals surface area contributed by atoms with E-state index in [9.17, 15) is 0 Å². The van der Waals surface area contributed by atoms with Gasteiger partial charge < -0.3 is 8.83 Å². The molecule has 0 aliphatic rings. The van der Waals surface area contributed by atoms with E-state index in [1.165, 1.54) is 0 Å². The Balaban J connectivity index is 1.90. The van der Waals surface area contributed by atoms with Gasteiger partial charge in [-0.15, -0.1) is 22.0 Å². The molecule has 0 bridgehead atoms. The predicted octanol–water partition coefficient (Wildman–Crippen LogP) is 3.22. The first-order chi connectivity index (χ1) is 7.79. The van der Waals surface area contributed by atoms with Gasteiger partial charge >= 0.3 is 0 Å². The summed E-state index contributed by atoms with van der Waals surface area (Å²) in [6, 6.07) is 3.85. The van der Waals surface area contributed by atoms with Crippen LogP contribution in [0, 0.1) is 0 Å². The van der Waals surface area contributed by atoms with Gasteiger partial charge in [0.25, 0.3) is 0 Å². The van der Waals surface area contributed by atoms with Crippen LogP contribution in [0.3, 0.4) is 0 Å². The zero-order valence-electron chi connectivity index (χ0n) is 9.34. The van der Waals surface area contributed by atoms with Crippen LogP contribution in [-0.4, -0.2) is 10.2 Å². The molecule has 0 amide bonds. The van der Waals surface area contributed by atoms with Gasteiger partial charge in [0.1, 0.15) is 5.76 Å². The van der Waals surface area contributed by atoms with Gasteiger partial charge in [0.15, 0.2) is 0 Å². The molecule has 2 aromatic rings. The van der Waals surface area contributed by atoms with E-state index in [4.69, 9.17) is 8.83 Å². The van der Waals surface area contributed by atoms with Crippen LogP contribution in [0.25, 0.3) is 0 Å². The van der Waals surface area contributed by atoms with Gasteiger partial charge in [-0.05, 0) is 19.1 Å². The molecule has 16 heavy (non-hydrogen) atoms. The van der Waals surface area contributed by atoms with Crippen LogP contribution in [0.15, 0.2) is 27.2 Å². The first-order valence-electron chi connectivity index (χ1n) is 5.26. The van der Waals surface area contributed by atoms with Gasteiger partial charge in [-0.1, -0.05) is 6.92 Å². The standard InChI is InChI=1S/C11H14N2O2S/c1-3-10-12-13-11(15-10)8(2)16-7-9-5-4-6-14-9/h4-6,8H,3,7H2,1-2H3/t8-/m1/s1. The highest BCUT2D eigenvalue weighted by Crippen LogP contribution is 2.30. The van der Waals surface area contributed by atoms with E-state index in [1.807, 2.05) is 19.1 Å². The molecule has 1 atom stereocenters. The molecule has 4 nitrogen and oxygen atoms in total. The summed E-state index contributed by atoms with van der Waals surface area (Å²) in [5, 5.41) is 8.16. The molecule has 5 heteroatoms. The topological polar surface area (TPSA) is 52.1 Å². The smallest absolute Gasteiger partial charge is 0.229 e. The van der Waals surface area contributed by atoms with E-state index in [0.717, 1.165) is 17.9 Å². The molecule has 0 aromatic carbocycles. The normalized spacial score (nSPS) is 12.9. The van der Waals surface area contributed by atoms with Gasteiger partial charge in [0.05, 0.1) is 17.3 Å². The lowest BCUT2D eigenvalue weighted by Gasteiger charge is -2.04. The van der Waals surface area contributed by atoms with Crippen molar-refractivity contribution in [1.29, 1.82) is 0 Å². The van der Waals surface area contributed by atoms with E-state index < -0.39 is 0 Å². The van der Waals surface area contributed by atoms with Crippen molar-refractivity contribution in [3.05, 3.63) is 35.9 Å². The monoisotopic (exact) mass is 238 g/mol. The van der Waals surface area contributed by atoms with Crippen LogP contribution >= 0.6 is 11.8 Å². The lowest BCUT2D eigenvalue weighted by atomic mass is 10.5. The fourth-order valence-electron chi connectivity index (χ4n) is 1.25. The van der Waals surface area contributed by atoms with Crippen LogP contribution in [0.2, 0.25) is 0 Å². The summed E-state index contributed by atoms with van der Waals surface area (Å²) in [4.78, 5) is 0. The Bertz CT molecular complexity index is 425. The third-order valence-electron chi connectivity index (χ3n) is 2.19. The maximum absolute atomic E-state index is 5.49. The van der Waals surface area contributed by atoms with Crippen LogP contribution < -0.4 is 0 Å². The molecule has 2 aromatic heterocycles. The molecule has 0 aliphatic heterocycles. The Morgan fingerprint density at radius 3 is 2.94 bits per heavy atom. The van der Waals surface area contributed by atoms with Gasteiger partial charge in [0.2, 0.25) is 11.8 Å². The third-order valence-corrected chi connectivity index (χ3v) is 3.34. The summed E-state index contributed by atoms with van der Waals surface area (Å²) < 4.78 is 10.7. The second kappa shape index (κ2) is 5.21. The Morgan fingerprint density at radius 1 is 1.44 bits per heavy atom. The SMILES string of the molecule is CCc1nnc([C@@H](C)SCc2ccco2)o1. The number of hydrogen-bond donors (Lipinski definition) is 0. The minimum absolute atomic E-state index is 0.192.